The van der Waals surface area contributed by atoms with Gasteiger partial charge in [0.25, 0.3) is 5.91 Å². The summed E-state index contributed by atoms with van der Waals surface area (Å²) in [6.45, 7) is 8.13. The molecule has 0 aliphatic carbocycles. The van der Waals surface area contributed by atoms with Gasteiger partial charge in [-0.05, 0) is 33.3 Å². The minimum absolute atomic E-state index is 0.237. The molecule has 0 aromatic carbocycles. The van der Waals surface area contributed by atoms with E-state index in [9.17, 15) is 9.18 Å². The summed E-state index contributed by atoms with van der Waals surface area (Å²) in [6.07, 6.45) is 2.17. The molecule has 0 unspecified atom stereocenters. The van der Waals surface area contributed by atoms with Gasteiger partial charge in [0.15, 0.2) is 5.65 Å². The second-order valence-corrected chi connectivity index (χ2v) is 6.43. The smallest absolute Gasteiger partial charge is 0.267 e. The number of aryl methyl sites for hydroxylation is 5. The van der Waals surface area contributed by atoms with Crippen molar-refractivity contribution >= 4 is 23.2 Å². The van der Waals surface area contributed by atoms with Crippen LogP contribution in [0.15, 0.2) is 11.2 Å². The van der Waals surface area contributed by atoms with Crippen LogP contribution in [0, 0.1) is 26.7 Å². The van der Waals surface area contributed by atoms with Crippen molar-refractivity contribution in [1.29, 1.82) is 0 Å². The van der Waals surface area contributed by atoms with Crippen LogP contribution in [0.1, 0.15) is 46.3 Å². The maximum Gasteiger partial charge on any atom is 0.272 e. The number of hydrazone groups is 1. The number of rotatable bonds is 5. The predicted octanol–water partition coefficient (Wildman–Crippen LogP) is 2.40. The summed E-state index contributed by atoms with van der Waals surface area (Å²) < 4.78 is 16.9. The van der Waals surface area contributed by atoms with Crippen LogP contribution in [0.25, 0.3) is 11.0 Å². The van der Waals surface area contributed by atoms with Gasteiger partial charge in [0, 0.05) is 19.3 Å². The second-order valence-electron chi connectivity index (χ2n) is 6.43. The van der Waals surface area contributed by atoms with Gasteiger partial charge in [0.2, 0.25) is 5.95 Å². The first-order chi connectivity index (χ1) is 12.8. The first kappa shape index (κ1) is 18.7. The number of halogens is 1. The van der Waals surface area contributed by atoms with E-state index in [1.165, 1.54) is 13.3 Å². The lowest BCUT2D eigenvalue weighted by Gasteiger charge is -2.05. The molecule has 0 atom stereocenters. The molecule has 0 fully saturated rings. The predicted molar refractivity (Wildman–Crippen MR) is 100 cm³/mol. The van der Waals surface area contributed by atoms with E-state index in [0.717, 1.165) is 23.3 Å². The molecule has 0 aliphatic rings. The van der Waals surface area contributed by atoms with Crippen molar-refractivity contribution < 1.29 is 9.18 Å². The summed E-state index contributed by atoms with van der Waals surface area (Å²) in [6, 6.07) is 1.70. The van der Waals surface area contributed by atoms with E-state index in [0.29, 0.717) is 28.0 Å². The summed E-state index contributed by atoms with van der Waals surface area (Å²) in [7, 11) is 1.51. The number of hydrogen-bond donors (Lipinski definition) is 1. The Morgan fingerprint density at radius 3 is 2.67 bits per heavy atom. The van der Waals surface area contributed by atoms with Gasteiger partial charge >= 0.3 is 0 Å². The molecule has 0 bridgehead atoms. The van der Waals surface area contributed by atoms with Gasteiger partial charge in [-0.1, -0.05) is 6.92 Å². The van der Waals surface area contributed by atoms with Crippen LogP contribution in [0.4, 0.5) is 4.39 Å². The van der Waals surface area contributed by atoms with Gasteiger partial charge in [-0.2, -0.15) is 19.7 Å². The van der Waals surface area contributed by atoms with E-state index < -0.39 is 11.9 Å². The van der Waals surface area contributed by atoms with Crippen molar-refractivity contribution in [3.05, 3.63) is 40.2 Å². The van der Waals surface area contributed by atoms with Crippen LogP contribution in [-0.2, 0) is 13.6 Å². The number of pyridine rings is 1. The molecule has 0 spiro atoms. The van der Waals surface area contributed by atoms with Gasteiger partial charge < -0.3 is 0 Å². The highest BCUT2D eigenvalue weighted by atomic mass is 19.1. The molecule has 27 heavy (non-hydrogen) atoms. The number of nitrogens with zero attached hydrogens (tertiary/aromatic N) is 6. The molecular formula is C18H22FN7O. The Morgan fingerprint density at radius 2 is 2.04 bits per heavy atom. The van der Waals surface area contributed by atoms with Crippen LogP contribution in [0.5, 0.6) is 0 Å². The minimum atomic E-state index is -0.510. The monoisotopic (exact) mass is 371 g/mol. The van der Waals surface area contributed by atoms with E-state index in [4.69, 9.17) is 0 Å². The van der Waals surface area contributed by atoms with Crippen molar-refractivity contribution in [2.45, 2.75) is 40.7 Å². The van der Waals surface area contributed by atoms with Crippen molar-refractivity contribution in [2.75, 3.05) is 0 Å². The fourth-order valence-corrected chi connectivity index (χ4v) is 3.03. The average molecular weight is 371 g/mol. The van der Waals surface area contributed by atoms with E-state index >= 15 is 0 Å². The third-order valence-electron chi connectivity index (χ3n) is 4.24. The molecule has 0 radical (unpaired) electrons. The van der Waals surface area contributed by atoms with Crippen LogP contribution in [0.3, 0.4) is 0 Å². The fourth-order valence-electron chi connectivity index (χ4n) is 3.03. The van der Waals surface area contributed by atoms with Gasteiger partial charge in [-0.15, -0.1) is 0 Å². The summed E-state index contributed by atoms with van der Waals surface area (Å²) in [4.78, 5) is 17.2. The quantitative estimate of drug-likeness (QED) is 0.551. The number of amides is 1. The topological polar surface area (TPSA) is 90.0 Å². The molecule has 9 heteroatoms. The minimum Gasteiger partial charge on any atom is -0.267 e. The van der Waals surface area contributed by atoms with Gasteiger partial charge in [-0.25, -0.2) is 19.8 Å². The molecule has 0 aliphatic heterocycles. The first-order valence-electron chi connectivity index (χ1n) is 8.70. The summed E-state index contributed by atoms with van der Waals surface area (Å²) in [5, 5.41) is 13.1. The van der Waals surface area contributed by atoms with Crippen molar-refractivity contribution in [1.82, 2.24) is 30.0 Å². The van der Waals surface area contributed by atoms with Crippen LogP contribution in [0.2, 0.25) is 0 Å². The van der Waals surface area contributed by atoms with Crippen molar-refractivity contribution in [3.8, 4) is 0 Å². The van der Waals surface area contributed by atoms with Crippen LogP contribution < -0.4 is 5.43 Å². The zero-order valence-corrected chi connectivity index (χ0v) is 16.0. The second kappa shape index (κ2) is 7.26. The number of carbonyl (C=O) groups is 1. The highest BCUT2D eigenvalue weighted by Gasteiger charge is 2.18. The zero-order chi connectivity index (χ0) is 19.7. The van der Waals surface area contributed by atoms with Gasteiger partial charge in [0.1, 0.15) is 0 Å². The van der Waals surface area contributed by atoms with Crippen LogP contribution >= 0.6 is 0 Å². The zero-order valence-electron chi connectivity index (χ0n) is 16.0. The molecule has 142 valence electrons. The largest absolute Gasteiger partial charge is 0.272 e. The Bertz CT molecular complexity index is 1050. The van der Waals surface area contributed by atoms with Gasteiger partial charge in [-0.3, -0.25) is 4.79 Å². The lowest BCUT2D eigenvalue weighted by atomic mass is 10.1. The van der Waals surface area contributed by atoms with E-state index in [1.807, 2.05) is 18.5 Å². The number of nitrogens with one attached hydrogen (secondary N) is 1. The Morgan fingerprint density at radius 1 is 1.30 bits per heavy atom. The van der Waals surface area contributed by atoms with E-state index in [1.54, 1.807) is 13.0 Å². The Balaban J connectivity index is 1.93. The molecule has 1 N–H and O–H groups in total. The summed E-state index contributed by atoms with van der Waals surface area (Å²) >= 11 is 0. The lowest BCUT2D eigenvalue weighted by Crippen LogP contribution is -2.19. The van der Waals surface area contributed by atoms with Gasteiger partial charge in [0.05, 0.1) is 34.1 Å². The van der Waals surface area contributed by atoms with Crippen LogP contribution in [-0.4, -0.2) is 36.7 Å². The molecule has 3 aromatic rings. The summed E-state index contributed by atoms with van der Waals surface area (Å²) in [5.41, 5.74) is 5.75. The Hall–Kier alpha value is -3.10. The third kappa shape index (κ3) is 3.44. The third-order valence-corrected chi connectivity index (χ3v) is 4.24. The number of aromatic nitrogens is 5. The lowest BCUT2D eigenvalue weighted by molar-refractivity contribution is 0.0956. The molecule has 0 saturated heterocycles. The maximum atomic E-state index is 13.9. The average Bonchev–Trinajstić information content (AvgIpc) is 3.05. The molecule has 3 rings (SSSR count). The summed E-state index contributed by atoms with van der Waals surface area (Å²) in [5.74, 6) is -0.910. The van der Waals surface area contributed by atoms with E-state index in [2.05, 4.69) is 32.6 Å². The van der Waals surface area contributed by atoms with Crippen molar-refractivity contribution in [3.63, 3.8) is 0 Å². The standard InChI is InChI=1S/C18H22FN7O/c1-6-7-26-17-15(12(4)24-26)13(8-10(2)21-17)18(27)22-20-9-14-11(3)23-25(5)16(14)19/h8-9H,6-7H2,1-5H3,(H,22,27)/b20-9+. The maximum absolute atomic E-state index is 13.9. The Labute approximate surface area is 156 Å². The number of carbonyl (C=O) groups excluding carboxylic acids is 1. The SMILES string of the molecule is CCCn1nc(C)c2c(C(=O)N/N=C/c3c(C)nn(C)c3F)cc(C)nc21. The van der Waals surface area contributed by atoms with E-state index in [-0.39, 0.29) is 5.56 Å². The molecular weight excluding hydrogens is 349 g/mol. The molecule has 3 heterocycles. The normalized spacial score (nSPS) is 11.6. The fraction of sp³-hybridized carbons (Fsp3) is 0.389. The highest BCUT2D eigenvalue weighted by Crippen LogP contribution is 2.22. The molecule has 0 saturated carbocycles. The molecule has 3 aromatic heterocycles. The number of fused-ring (bicyclic) bond motifs is 1. The Kier molecular flexibility index (Phi) is 5.02. The molecule has 8 nitrogen and oxygen atoms in total. The highest BCUT2D eigenvalue weighted by molar-refractivity contribution is 6.06. The van der Waals surface area contributed by atoms with Crippen molar-refractivity contribution in [2.24, 2.45) is 12.1 Å². The number of hydrogen-bond acceptors (Lipinski definition) is 5. The first-order valence-corrected chi connectivity index (χ1v) is 8.70. The molecule has 1 amide bonds.